The van der Waals surface area contributed by atoms with Crippen LogP contribution in [0, 0.1) is 5.92 Å². The Morgan fingerprint density at radius 3 is 2.83 bits per heavy atom. The molecule has 4 rings (SSSR count). The van der Waals surface area contributed by atoms with Gasteiger partial charge in [0.2, 0.25) is 0 Å². The molecule has 4 atom stereocenters. The summed E-state index contributed by atoms with van der Waals surface area (Å²) >= 11 is 0. The fraction of sp³-hybridized carbons (Fsp3) is 0.471. The molecule has 120 valence electrons. The summed E-state index contributed by atoms with van der Waals surface area (Å²) in [7, 11) is 1.80. The first-order chi connectivity index (χ1) is 11.1. The standard InChI is InChI=1S/C17H21N5O/c1-11-13-5-8-22(11)20-15(9-13)17-19-14(10-16(23)21(17)2)12-3-6-18-7-4-12/h3-4,6-7,10-11,13,15,20H,5,8-9H2,1-2H3. The Balaban J connectivity index is 1.74. The maximum Gasteiger partial charge on any atom is 0.253 e. The second-order valence-corrected chi connectivity index (χ2v) is 6.53. The molecule has 0 aromatic carbocycles. The molecule has 6 nitrogen and oxygen atoms in total. The van der Waals surface area contributed by atoms with Crippen molar-refractivity contribution in [3.8, 4) is 11.3 Å². The molecule has 2 saturated heterocycles. The van der Waals surface area contributed by atoms with Crippen LogP contribution in [0.4, 0.5) is 0 Å². The third kappa shape index (κ3) is 2.48. The summed E-state index contributed by atoms with van der Waals surface area (Å²) in [5.74, 6) is 1.48. The van der Waals surface area contributed by atoms with Gasteiger partial charge in [-0.2, -0.15) is 0 Å². The molecule has 2 aromatic heterocycles. The fourth-order valence-electron chi connectivity index (χ4n) is 3.76. The Kier molecular flexibility index (Phi) is 3.50. The molecule has 2 aromatic rings. The van der Waals surface area contributed by atoms with Gasteiger partial charge in [-0.1, -0.05) is 0 Å². The van der Waals surface area contributed by atoms with Gasteiger partial charge in [-0.05, 0) is 37.8 Å². The van der Waals surface area contributed by atoms with E-state index in [2.05, 4.69) is 22.3 Å². The monoisotopic (exact) mass is 311 g/mol. The van der Waals surface area contributed by atoms with Crippen LogP contribution in [0.1, 0.15) is 31.6 Å². The molecule has 4 heterocycles. The average molecular weight is 311 g/mol. The minimum Gasteiger partial charge on any atom is -0.298 e. The van der Waals surface area contributed by atoms with Gasteiger partial charge in [-0.3, -0.25) is 14.3 Å². The topological polar surface area (TPSA) is 63.0 Å². The molecule has 0 radical (unpaired) electrons. The van der Waals surface area contributed by atoms with Gasteiger partial charge in [-0.25, -0.2) is 15.4 Å². The maximum atomic E-state index is 12.4. The largest absolute Gasteiger partial charge is 0.298 e. The molecule has 0 spiro atoms. The zero-order valence-electron chi connectivity index (χ0n) is 13.4. The Hall–Kier alpha value is -2.05. The molecular formula is C17H21N5O. The molecular weight excluding hydrogens is 290 g/mol. The number of hydrogen-bond acceptors (Lipinski definition) is 5. The number of nitrogens with zero attached hydrogens (tertiary/aromatic N) is 4. The summed E-state index contributed by atoms with van der Waals surface area (Å²) < 4.78 is 1.67. The predicted octanol–water partition coefficient (Wildman–Crippen LogP) is 1.50. The van der Waals surface area contributed by atoms with Crippen molar-refractivity contribution in [1.82, 2.24) is 25.0 Å². The van der Waals surface area contributed by atoms with Crippen LogP contribution in [0.2, 0.25) is 0 Å². The lowest BCUT2D eigenvalue weighted by molar-refractivity contribution is 0.0806. The lowest BCUT2D eigenvalue weighted by Crippen LogP contribution is -2.49. The van der Waals surface area contributed by atoms with Crippen molar-refractivity contribution < 1.29 is 0 Å². The highest BCUT2D eigenvalue weighted by molar-refractivity contribution is 5.57. The highest BCUT2D eigenvalue weighted by Crippen LogP contribution is 2.36. The van der Waals surface area contributed by atoms with E-state index in [1.54, 1.807) is 30.1 Å². The van der Waals surface area contributed by atoms with Crippen molar-refractivity contribution in [1.29, 1.82) is 0 Å². The van der Waals surface area contributed by atoms with E-state index in [1.165, 1.54) is 6.42 Å². The Labute approximate surface area is 135 Å². The first kappa shape index (κ1) is 14.5. The van der Waals surface area contributed by atoms with Crippen LogP contribution in [0.25, 0.3) is 11.3 Å². The van der Waals surface area contributed by atoms with Gasteiger partial charge < -0.3 is 0 Å². The first-order valence-electron chi connectivity index (χ1n) is 8.14. The minimum atomic E-state index is -0.0235. The van der Waals surface area contributed by atoms with E-state index in [0.717, 1.165) is 24.4 Å². The van der Waals surface area contributed by atoms with Gasteiger partial charge in [0.15, 0.2) is 0 Å². The van der Waals surface area contributed by atoms with Crippen molar-refractivity contribution in [2.75, 3.05) is 6.54 Å². The molecule has 2 fully saturated rings. The molecule has 2 aliphatic heterocycles. The minimum absolute atomic E-state index is 0.0235. The van der Waals surface area contributed by atoms with E-state index in [0.29, 0.717) is 17.7 Å². The quantitative estimate of drug-likeness (QED) is 0.911. The SMILES string of the molecule is CC1C2CCN1NC(c1nc(-c3ccncc3)cc(=O)n1C)C2. The van der Waals surface area contributed by atoms with E-state index in [9.17, 15) is 4.79 Å². The molecule has 2 aliphatic rings. The van der Waals surface area contributed by atoms with E-state index in [1.807, 2.05) is 12.1 Å². The van der Waals surface area contributed by atoms with Crippen molar-refractivity contribution >= 4 is 0 Å². The summed E-state index contributed by atoms with van der Waals surface area (Å²) in [6.07, 6.45) is 5.68. The number of fused-ring (bicyclic) bond motifs is 2. The molecule has 0 aliphatic carbocycles. The van der Waals surface area contributed by atoms with Crippen molar-refractivity contribution in [2.24, 2.45) is 13.0 Å². The van der Waals surface area contributed by atoms with Gasteiger partial charge in [0.05, 0.1) is 11.7 Å². The van der Waals surface area contributed by atoms with Gasteiger partial charge in [-0.15, -0.1) is 0 Å². The smallest absolute Gasteiger partial charge is 0.253 e. The summed E-state index contributed by atoms with van der Waals surface area (Å²) in [5.41, 5.74) is 5.17. The predicted molar refractivity (Wildman–Crippen MR) is 87.5 cm³/mol. The number of hydrogen-bond donors (Lipinski definition) is 1. The third-order valence-electron chi connectivity index (χ3n) is 5.23. The van der Waals surface area contributed by atoms with Crippen LogP contribution >= 0.6 is 0 Å². The van der Waals surface area contributed by atoms with Crippen LogP contribution < -0.4 is 11.0 Å². The lowest BCUT2D eigenvalue weighted by atomic mass is 9.92. The maximum absolute atomic E-state index is 12.4. The average Bonchev–Trinajstić information content (AvgIpc) is 2.78. The molecule has 23 heavy (non-hydrogen) atoms. The van der Waals surface area contributed by atoms with Crippen molar-refractivity contribution in [2.45, 2.75) is 31.8 Å². The molecule has 4 unspecified atom stereocenters. The number of nitrogens with one attached hydrogen (secondary N) is 1. The summed E-state index contributed by atoms with van der Waals surface area (Å²) in [6.45, 7) is 3.33. The molecule has 0 saturated carbocycles. The van der Waals surface area contributed by atoms with Crippen molar-refractivity contribution in [3.05, 3.63) is 46.8 Å². The molecule has 2 bridgehead atoms. The van der Waals surface area contributed by atoms with Crippen LogP contribution in [-0.4, -0.2) is 32.1 Å². The van der Waals surface area contributed by atoms with Crippen LogP contribution in [0.5, 0.6) is 0 Å². The summed E-state index contributed by atoms with van der Waals surface area (Å²) in [5, 5.41) is 2.30. The number of hydrazine groups is 1. The van der Waals surface area contributed by atoms with Crippen LogP contribution in [0.3, 0.4) is 0 Å². The Morgan fingerprint density at radius 1 is 1.30 bits per heavy atom. The normalized spacial score (nSPS) is 29.7. The van der Waals surface area contributed by atoms with E-state index in [4.69, 9.17) is 4.98 Å². The fourth-order valence-corrected chi connectivity index (χ4v) is 3.76. The van der Waals surface area contributed by atoms with Gasteiger partial charge >= 0.3 is 0 Å². The van der Waals surface area contributed by atoms with Gasteiger partial charge in [0.1, 0.15) is 5.82 Å². The van der Waals surface area contributed by atoms with Crippen molar-refractivity contribution in [3.63, 3.8) is 0 Å². The van der Waals surface area contributed by atoms with E-state index < -0.39 is 0 Å². The second-order valence-electron chi connectivity index (χ2n) is 6.53. The highest BCUT2D eigenvalue weighted by atomic mass is 16.1. The van der Waals surface area contributed by atoms with Gasteiger partial charge in [0.25, 0.3) is 5.56 Å². The van der Waals surface area contributed by atoms with E-state index >= 15 is 0 Å². The summed E-state index contributed by atoms with van der Waals surface area (Å²) in [4.78, 5) is 21.2. The number of rotatable bonds is 2. The van der Waals surface area contributed by atoms with E-state index in [-0.39, 0.29) is 11.6 Å². The molecule has 1 N–H and O–H groups in total. The first-order valence-corrected chi connectivity index (χ1v) is 8.14. The Morgan fingerprint density at radius 2 is 2.09 bits per heavy atom. The van der Waals surface area contributed by atoms with Crippen LogP contribution in [0.15, 0.2) is 35.4 Å². The second kappa shape index (κ2) is 5.54. The zero-order chi connectivity index (χ0) is 16.0. The highest BCUT2D eigenvalue weighted by Gasteiger charge is 2.39. The lowest BCUT2D eigenvalue weighted by Gasteiger charge is -2.36. The van der Waals surface area contributed by atoms with Crippen LogP contribution in [-0.2, 0) is 7.05 Å². The molecule has 0 amide bonds. The zero-order valence-corrected chi connectivity index (χ0v) is 13.4. The Bertz CT molecular complexity index is 758. The number of pyridine rings is 1. The summed E-state index contributed by atoms with van der Waals surface area (Å²) in [6, 6.07) is 6.02. The molecule has 6 heteroatoms. The van der Waals surface area contributed by atoms with Gasteiger partial charge in [0, 0.05) is 43.7 Å². The number of aromatic nitrogens is 3. The third-order valence-corrected chi connectivity index (χ3v) is 5.23.